The Morgan fingerprint density at radius 3 is 2.27 bits per heavy atom. The largest absolute Gasteiger partial charge is 0.325 e. The minimum atomic E-state index is 0.203. The van der Waals surface area contributed by atoms with Gasteiger partial charge in [0.25, 0.3) is 0 Å². The molecule has 0 heterocycles. The molecular formula is C10H19N. The van der Waals surface area contributed by atoms with Gasteiger partial charge in [0.15, 0.2) is 0 Å². The molecular weight excluding hydrogens is 134 g/mol. The van der Waals surface area contributed by atoms with Crippen LogP contribution in [-0.4, -0.2) is 5.54 Å². The fourth-order valence-electron chi connectivity index (χ4n) is 3.23. The van der Waals surface area contributed by atoms with Gasteiger partial charge in [-0.15, -0.1) is 0 Å². The molecule has 2 N–H and O–H groups in total. The summed E-state index contributed by atoms with van der Waals surface area (Å²) in [5.41, 5.74) is 7.03. The molecule has 2 aliphatic carbocycles. The van der Waals surface area contributed by atoms with Crippen molar-refractivity contribution in [3.8, 4) is 0 Å². The number of nitrogens with two attached hydrogens (primary N) is 1. The van der Waals surface area contributed by atoms with Crippen LogP contribution >= 0.6 is 0 Å². The van der Waals surface area contributed by atoms with Crippen molar-refractivity contribution in [2.75, 3.05) is 0 Å². The highest BCUT2D eigenvalue weighted by Gasteiger charge is 2.57. The normalized spacial score (nSPS) is 53.5. The van der Waals surface area contributed by atoms with E-state index in [0.717, 1.165) is 5.92 Å². The van der Waals surface area contributed by atoms with Crippen LogP contribution in [0.25, 0.3) is 0 Å². The Kier molecular flexibility index (Phi) is 1.26. The van der Waals surface area contributed by atoms with Crippen LogP contribution in [0.15, 0.2) is 0 Å². The van der Waals surface area contributed by atoms with Gasteiger partial charge in [0.05, 0.1) is 0 Å². The Labute approximate surface area is 69.4 Å². The van der Waals surface area contributed by atoms with Crippen molar-refractivity contribution >= 4 is 0 Å². The highest BCUT2D eigenvalue weighted by molar-refractivity contribution is 5.11. The first-order chi connectivity index (χ1) is 4.97. The van der Waals surface area contributed by atoms with Gasteiger partial charge in [-0.25, -0.2) is 0 Å². The Bertz CT molecular complexity index is 181. The predicted octanol–water partition coefficient (Wildman–Crippen LogP) is 2.16. The third-order valence-corrected chi connectivity index (χ3v) is 4.62. The van der Waals surface area contributed by atoms with Crippen LogP contribution < -0.4 is 5.73 Å². The molecule has 2 unspecified atom stereocenters. The molecule has 0 aromatic carbocycles. The fraction of sp³-hybridized carbons (Fsp3) is 1.00. The average Bonchev–Trinajstić information content (AvgIpc) is 2.36. The molecule has 2 bridgehead atoms. The molecule has 64 valence electrons. The van der Waals surface area contributed by atoms with Crippen LogP contribution in [0.3, 0.4) is 0 Å². The maximum atomic E-state index is 6.32. The fourth-order valence-corrected chi connectivity index (χ4v) is 3.23. The SMILES string of the molecule is C[C@H]1C2(N)CCC(C2)C1(C)C. The van der Waals surface area contributed by atoms with Crippen LogP contribution in [0.4, 0.5) is 0 Å². The van der Waals surface area contributed by atoms with Gasteiger partial charge in [-0.05, 0) is 36.5 Å². The molecule has 0 aromatic heterocycles. The lowest BCUT2D eigenvalue weighted by atomic mass is 9.68. The van der Waals surface area contributed by atoms with Gasteiger partial charge < -0.3 is 5.73 Å². The molecule has 3 atom stereocenters. The molecule has 1 heteroatoms. The van der Waals surface area contributed by atoms with E-state index in [4.69, 9.17) is 5.73 Å². The Morgan fingerprint density at radius 2 is 2.00 bits per heavy atom. The van der Waals surface area contributed by atoms with Gasteiger partial charge in [0.1, 0.15) is 0 Å². The van der Waals surface area contributed by atoms with Crippen LogP contribution in [-0.2, 0) is 0 Å². The summed E-state index contributed by atoms with van der Waals surface area (Å²) in [5.74, 6) is 1.62. The molecule has 2 aliphatic rings. The first kappa shape index (κ1) is 7.60. The summed E-state index contributed by atoms with van der Waals surface area (Å²) in [5, 5.41) is 0. The van der Waals surface area contributed by atoms with Crippen molar-refractivity contribution < 1.29 is 0 Å². The Hall–Kier alpha value is -0.0400. The van der Waals surface area contributed by atoms with Crippen molar-refractivity contribution in [2.45, 2.75) is 45.6 Å². The molecule has 2 fully saturated rings. The van der Waals surface area contributed by atoms with E-state index in [9.17, 15) is 0 Å². The monoisotopic (exact) mass is 153 g/mol. The van der Waals surface area contributed by atoms with Gasteiger partial charge in [0, 0.05) is 5.54 Å². The molecule has 0 aliphatic heterocycles. The molecule has 0 saturated heterocycles. The zero-order valence-electron chi connectivity index (χ0n) is 7.85. The summed E-state index contributed by atoms with van der Waals surface area (Å²) in [6.45, 7) is 7.10. The molecule has 11 heavy (non-hydrogen) atoms. The third kappa shape index (κ3) is 0.752. The van der Waals surface area contributed by atoms with E-state index in [1.165, 1.54) is 19.3 Å². The van der Waals surface area contributed by atoms with Gasteiger partial charge in [0.2, 0.25) is 0 Å². The predicted molar refractivity (Wildman–Crippen MR) is 47.2 cm³/mol. The molecule has 2 rings (SSSR count). The maximum absolute atomic E-state index is 6.32. The lowest BCUT2D eigenvalue weighted by Crippen LogP contribution is -2.46. The second kappa shape index (κ2) is 1.82. The highest BCUT2D eigenvalue weighted by atomic mass is 14.8. The Balaban J connectivity index is 2.34. The van der Waals surface area contributed by atoms with E-state index < -0.39 is 0 Å². The summed E-state index contributed by atoms with van der Waals surface area (Å²) >= 11 is 0. The number of fused-ring (bicyclic) bond motifs is 2. The smallest absolute Gasteiger partial charge is 0.0188 e. The van der Waals surface area contributed by atoms with Crippen LogP contribution in [0, 0.1) is 17.3 Å². The summed E-state index contributed by atoms with van der Waals surface area (Å²) in [4.78, 5) is 0. The molecule has 2 saturated carbocycles. The minimum Gasteiger partial charge on any atom is -0.325 e. The number of hydrogen-bond donors (Lipinski definition) is 1. The van der Waals surface area contributed by atoms with Crippen molar-refractivity contribution in [1.29, 1.82) is 0 Å². The first-order valence-electron chi connectivity index (χ1n) is 4.76. The lowest BCUT2D eigenvalue weighted by molar-refractivity contribution is 0.123. The summed E-state index contributed by atoms with van der Waals surface area (Å²) in [6, 6.07) is 0. The van der Waals surface area contributed by atoms with E-state index in [-0.39, 0.29) is 5.54 Å². The lowest BCUT2D eigenvalue weighted by Gasteiger charge is -2.40. The van der Waals surface area contributed by atoms with Crippen molar-refractivity contribution in [1.82, 2.24) is 0 Å². The second-order valence-corrected chi connectivity index (χ2v) is 5.22. The topological polar surface area (TPSA) is 26.0 Å². The molecule has 1 nitrogen and oxygen atoms in total. The van der Waals surface area contributed by atoms with Crippen molar-refractivity contribution in [3.05, 3.63) is 0 Å². The summed E-state index contributed by atoms with van der Waals surface area (Å²) in [7, 11) is 0. The maximum Gasteiger partial charge on any atom is 0.0188 e. The number of hydrogen-bond acceptors (Lipinski definition) is 1. The van der Waals surface area contributed by atoms with E-state index >= 15 is 0 Å². The molecule has 0 spiro atoms. The quantitative estimate of drug-likeness (QED) is 0.567. The summed E-state index contributed by atoms with van der Waals surface area (Å²) in [6.07, 6.45) is 3.91. The zero-order valence-corrected chi connectivity index (χ0v) is 7.85. The van der Waals surface area contributed by atoms with E-state index in [1.54, 1.807) is 0 Å². The summed E-state index contributed by atoms with van der Waals surface area (Å²) < 4.78 is 0. The Morgan fingerprint density at radius 1 is 1.36 bits per heavy atom. The van der Waals surface area contributed by atoms with Crippen LogP contribution in [0.1, 0.15) is 40.0 Å². The standard InChI is InChI=1S/C10H19N/c1-7-9(2,3)8-4-5-10(7,11)6-8/h7-8H,4-6,11H2,1-3H3/t7-,8?,10?/m1/s1. The van der Waals surface area contributed by atoms with Crippen molar-refractivity contribution in [3.63, 3.8) is 0 Å². The van der Waals surface area contributed by atoms with Crippen LogP contribution in [0.2, 0.25) is 0 Å². The van der Waals surface area contributed by atoms with Gasteiger partial charge in [-0.3, -0.25) is 0 Å². The molecule has 0 aromatic rings. The zero-order chi connectivity index (χ0) is 8.28. The second-order valence-electron chi connectivity index (χ2n) is 5.22. The number of rotatable bonds is 0. The minimum absolute atomic E-state index is 0.203. The first-order valence-corrected chi connectivity index (χ1v) is 4.76. The van der Waals surface area contributed by atoms with Crippen molar-refractivity contribution in [2.24, 2.45) is 23.0 Å². The van der Waals surface area contributed by atoms with E-state index in [2.05, 4.69) is 20.8 Å². The highest BCUT2D eigenvalue weighted by Crippen LogP contribution is 2.59. The average molecular weight is 153 g/mol. The van der Waals surface area contributed by atoms with Gasteiger partial charge in [-0.1, -0.05) is 20.8 Å². The van der Waals surface area contributed by atoms with Gasteiger partial charge >= 0.3 is 0 Å². The van der Waals surface area contributed by atoms with E-state index in [0.29, 0.717) is 11.3 Å². The van der Waals surface area contributed by atoms with Gasteiger partial charge in [-0.2, -0.15) is 0 Å². The van der Waals surface area contributed by atoms with E-state index in [1.807, 2.05) is 0 Å². The van der Waals surface area contributed by atoms with Crippen LogP contribution in [0.5, 0.6) is 0 Å². The molecule has 0 amide bonds. The third-order valence-electron chi connectivity index (χ3n) is 4.62. The molecule has 0 radical (unpaired) electrons.